The Morgan fingerprint density at radius 3 is 2.65 bits per heavy atom. The van der Waals surface area contributed by atoms with Gasteiger partial charge >= 0.3 is 0 Å². The van der Waals surface area contributed by atoms with Gasteiger partial charge in [0, 0.05) is 9.22 Å². The summed E-state index contributed by atoms with van der Waals surface area (Å²) in [6, 6.07) is 4.18. The monoisotopic (exact) mass is 319 g/mol. The van der Waals surface area contributed by atoms with E-state index in [0.717, 1.165) is 0 Å². The lowest BCUT2D eigenvalue weighted by molar-refractivity contribution is -0.113. The molecule has 0 fully saturated rings. The minimum absolute atomic E-state index is 0.0529. The van der Waals surface area contributed by atoms with E-state index in [4.69, 9.17) is 0 Å². The molecule has 1 N–H and O–H groups in total. The number of carbonyl (C=O) groups excluding carboxylic acids is 1. The van der Waals surface area contributed by atoms with Gasteiger partial charge in [-0.15, -0.1) is 11.8 Å². The maximum absolute atomic E-state index is 12.8. The summed E-state index contributed by atoms with van der Waals surface area (Å²) in [4.78, 5) is 11.6. The van der Waals surface area contributed by atoms with Crippen LogP contribution in [0.4, 0.5) is 10.1 Å². The van der Waals surface area contributed by atoms with Crippen molar-refractivity contribution < 1.29 is 9.18 Å². The fourth-order valence-corrected chi connectivity index (χ4v) is 2.15. The molecule has 0 aliphatic rings. The fourth-order valence-electron chi connectivity index (χ4n) is 1.06. The first-order valence-electron chi connectivity index (χ1n) is 5.17. The second-order valence-corrected chi connectivity index (χ2v) is 7.23. The molecular weight excluding hydrogens is 305 g/mol. The Balaban J connectivity index is 2.57. The average molecular weight is 320 g/mol. The molecule has 1 aromatic rings. The third-order valence-corrected chi connectivity index (χ3v) is 3.77. The molecule has 0 aromatic heterocycles. The standard InChI is InChI=1S/C12H15BrFNOS/c1-12(2,3)17-7-11(16)15-10-5-4-8(14)6-9(10)13/h4-6H,7H2,1-3H3,(H,15,16). The molecule has 0 bridgehead atoms. The highest BCUT2D eigenvalue weighted by Crippen LogP contribution is 2.25. The molecule has 0 unspecified atom stereocenters. The highest BCUT2D eigenvalue weighted by molar-refractivity contribution is 9.10. The van der Waals surface area contributed by atoms with Gasteiger partial charge in [-0.3, -0.25) is 4.79 Å². The van der Waals surface area contributed by atoms with E-state index in [1.54, 1.807) is 17.8 Å². The number of amides is 1. The van der Waals surface area contributed by atoms with Crippen molar-refractivity contribution in [2.45, 2.75) is 25.5 Å². The maximum Gasteiger partial charge on any atom is 0.234 e. The van der Waals surface area contributed by atoms with E-state index in [9.17, 15) is 9.18 Å². The summed E-state index contributed by atoms with van der Waals surface area (Å²) in [5, 5.41) is 2.74. The van der Waals surface area contributed by atoms with Gasteiger partial charge < -0.3 is 5.32 Å². The summed E-state index contributed by atoms with van der Waals surface area (Å²) in [5.41, 5.74) is 0.589. The van der Waals surface area contributed by atoms with Gasteiger partial charge in [0.2, 0.25) is 5.91 Å². The number of hydrogen-bond donors (Lipinski definition) is 1. The van der Waals surface area contributed by atoms with Crippen molar-refractivity contribution in [3.63, 3.8) is 0 Å². The van der Waals surface area contributed by atoms with E-state index >= 15 is 0 Å². The van der Waals surface area contributed by atoms with Crippen molar-refractivity contribution in [3.05, 3.63) is 28.5 Å². The minimum Gasteiger partial charge on any atom is -0.324 e. The lowest BCUT2D eigenvalue weighted by atomic mass is 10.3. The molecule has 1 aromatic carbocycles. The number of halogens is 2. The van der Waals surface area contributed by atoms with Crippen LogP contribution in [0, 0.1) is 5.82 Å². The van der Waals surface area contributed by atoms with Crippen LogP contribution in [0.2, 0.25) is 0 Å². The van der Waals surface area contributed by atoms with Crippen LogP contribution in [0.1, 0.15) is 20.8 Å². The van der Waals surface area contributed by atoms with E-state index in [1.165, 1.54) is 12.1 Å². The summed E-state index contributed by atoms with van der Waals surface area (Å²) in [6.45, 7) is 6.16. The third-order valence-electron chi connectivity index (χ3n) is 1.84. The first-order valence-corrected chi connectivity index (χ1v) is 6.95. The summed E-state index contributed by atoms with van der Waals surface area (Å²) >= 11 is 4.77. The number of thioether (sulfide) groups is 1. The van der Waals surface area contributed by atoms with Gasteiger partial charge in [-0.2, -0.15) is 0 Å². The fraction of sp³-hybridized carbons (Fsp3) is 0.417. The minimum atomic E-state index is -0.334. The van der Waals surface area contributed by atoms with Crippen LogP contribution in [0.5, 0.6) is 0 Å². The Labute approximate surface area is 113 Å². The molecule has 0 aliphatic carbocycles. The topological polar surface area (TPSA) is 29.1 Å². The van der Waals surface area contributed by atoms with Crippen molar-refractivity contribution >= 4 is 39.3 Å². The Morgan fingerprint density at radius 2 is 2.12 bits per heavy atom. The summed E-state index contributed by atoms with van der Waals surface area (Å²) in [5.74, 6) is -0.0380. The highest BCUT2D eigenvalue weighted by atomic mass is 79.9. The first-order chi connectivity index (χ1) is 7.78. The summed E-state index contributed by atoms with van der Waals surface area (Å²) < 4.78 is 13.4. The van der Waals surface area contributed by atoms with Crippen LogP contribution >= 0.6 is 27.7 Å². The number of carbonyl (C=O) groups is 1. The number of hydrogen-bond acceptors (Lipinski definition) is 2. The van der Waals surface area contributed by atoms with Crippen LogP contribution in [-0.2, 0) is 4.79 Å². The van der Waals surface area contributed by atoms with Gasteiger partial charge in [0.15, 0.2) is 0 Å². The molecule has 1 amide bonds. The lowest BCUT2D eigenvalue weighted by Crippen LogP contribution is -2.19. The van der Waals surface area contributed by atoms with Crippen molar-refractivity contribution in [1.29, 1.82) is 0 Å². The van der Waals surface area contributed by atoms with Crippen molar-refractivity contribution in [3.8, 4) is 0 Å². The average Bonchev–Trinajstić information content (AvgIpc) is 2.18. The molecule has 0 aliphatic heterocycles. The molecule has 17 heavy (non-hydrogen) atoms. The predicted octanol–water partition coefficient (Wildman–Crippen LogP) is 4.06. The molecule has 0 atom stereocenters. The molecular formula is C12H15BrFNOS. The number of benzene rings is 1. The zero-order valence-electron chi connectivity index (χ0n) is 10.0. The Hall–Kier alpha value is -0.550. The zero-order valence-corrected chi connectivity index (χ0v) is 12.4. The molecule has 0 spiro atoms. The van der Waals surface area contributed by atoms with Crippen LogP contribution in [-0.4, -0.2) is 16.4 Å². The van der Waals surface area contributed by atoms with E-state index in [0.29, 0.717) is 15.9 Å². The van der Waals surface area contributed by atoms with E-state index in [2.05, 4.69) is 42.0 Å². The predicted molar refractivity (Wildman–Crippen MR) is 74.9 cm³/mol. The second kappa shape index (κ2) is 5.87. The molecule has 0 saturated carbocycles. The molecule has 0 heterocycles. The summed E-state index contributed by atoms with van der Waals surface area (Å²) in [6.07, 6.45) is 0. The quantitative estimate of drug-likeness (QED) is 0.910. The van der Waals surface area contributed by atoms with Gasteiger partial charge in [0.1, 0.15) is 5.82 Å². The largest absolute Gasteiger partial charge is 0.324 e. The Morgan fingerprint density at radius 1 is 1.47 bits per heavy atom. The SMILES string of the molecule is CC(C)(C)SCC(=O)Nc1ccc(F)cc1Br. The van der Waals surface area contributed by atoms with Crippen LogP contribution < -0.4 is 5.32 Å². The lowest BCUT2D eigenvalue weighted by Gasteiger charge is -2.17. The van der Waals surface area contributed by atoms with Gasteiger partial charge in [-0.1, -0.05) is 20.8 Å². The third kappa shape index (κ3) is 5.55. The number of anilines is 1. The summed E-state index contributed by atoms with van der Waals surface area (Å²) in [7, 11) is 0. The number of rotatable bonds is 3. The van der Waals surface area contributed by atoms with Crippen molar-refractivity contribution in [1.82, 2.24) is 0 Å². The molecule has 94 valence electrons. The van der Waals surface area contributed by atoms with Crippen molar-refractivity contribution in [2.24, 2.45) is 0 Å². The first kappa shape index (κ1) is 14.5. The Kier molecular flexibility index (Phi) is 5.01. The second-order valence-electron chi connectivity index (χ2n) is 4.57. The van der Waals surface area contributed by atoms with E-state index < -0.39 is 0 Å². The van der Waals surface area contributed by atoms with Crippen LogP contribution in [0.3, 0.4) is 0 Å². The maximum atomic E-state index is 12.8. The van der Waals surface area contributed by atoms with Crippen LogP contribution in [0.15, 0.2) is 22.7 Å². The van der Waals surface area contributed by atoms with Gasteiger partial charge in [-0.05, 0) is 34.1 Å². The molecule has 5 heteroatoms. The normalized spacial score (nSPS) is 11.4. The van der Waals surface area contributed by atoms with Gasteiger partial charge in [0.05, 0.1) is 11.4 Å². The van der Waals surface area contributed by atoms with Crippen molar-refractivity contribution in [2.75, 3.05) is 11.1 Å². The van der Waals surface area contributed by atoms with Gasteiger partial charge in [-0.25, -0.2) is 4.39 Å². The van der Waals surface area contributed by atoms with Crippen LogP contribution in [0.25, 0.3) is 0 Å². The van der Waals surface area contributed by atoms with E-state index in [1.807, 2.05) is 0 Å². The molecule has 0 radical (unpaired) electrons. The molecule has 0 saturated heterocycles. The smallest absolute Gasteiger partial charge is 0.234 e. The molecule has 1 rings (SSSR count). The Bertz CT molecular complexity index is 417. The van der Waals surface area contributed by atoms with E-state index in [-0.39, 0.29) is 16.5 Å². The number of nitrogens with one attached hydrogen (secondary N) is 1. The molecule has 2 nitrogen and oxygen atoms in total. The highest BCUT2D eigenvalue weighted by Gasteiger charge is 2.14. The van der Waals surface area contributed by atoms with Gasteiger partial charge in [0.25, 0.3) is 0 Å². The zero-order chi connectivity index (χ0) is 13.1.